The first-order valence-electron chi connectivity index (χ1n) is 6.50. The lowest BCUT2D eigenvalue weighted by Gasteiger charge is -2.19. The van der Waals surface area contributed by atoms with Crippen LogP contribution in [0.1, 0.15) is 39.2 Å². The topological polar surface area (TPSA) is 56.7 Å². The van der Waals surface area contributed by atoms with Gasteiger partial charge in [-0.25, -0.2) is 9.97 Å². The van der Waals surface area contributed by atoms with Gasteiger partial charge in [0.15, 0.2) is 0 Å². The van der Waals surface area contributed by atoms with Crippen LogP contribution in [0.2, 0.25) is 0 Å². The summed E-state index contributed by atoms with van der Waals surface area (Å²) in [7, 11) is 0. The molecule has 2 aromatic rings. The number of aromatic nitrogens is 3. The van der Waals surface area contributed by atoms with Crippen molar-refractivity contribution in [2.45, 2.75) is 39.2 Å². The third-order valence-corrected chi connectivity index (χ3v) is 3.23. The first-order chi connectivity index (χ1) is 8.76. The maximum atomic E-state index is 5.74. The van der Waals surface area contributed by atoms with Gasteiger partial charge in [0, 0.05) is 17.8 Å². The molecule has 0 spiro atoms. The fourth-order valence-electron chi connectivity index (χ4n) is 2.30. The first-order valence-corrected chi connectivity index (χ1v) is 6.50. The molecule has 0 aliphatic heterocycles. The number of hydrogen-bond acceptors (Lipinski definition) is 3. The standard InChI is InChI=1S/C14H20N4/c1-3-5-12(4-2)18-10-16-9-13(18)11-6-7-17-14(15)8-11/h6-10,12H,3-5H2,1-2H3,(H2,15,17). The quantitative estimate of drug-likeness (QED) is 0.878. The van der Waals surface area contributed by atoms with Gasteiger partial charge in [-0.15, -0.1) is 0 Å². The lowest BCUT2D eigenvalue weighted by Crippen LogP contribution is -2.08. The third kappa shape index (κ3) is 2.53. The van der Waals surface area contributed by atoms with E-state index in [1.165, 1.54) is 12.8 Å². The molecule has 0 saturated carbocycles. The minimum absolute atomic E-state index is 0.502. The Labute approximate surface area is 108 Å². The van der Waals surface area contributed by atoms with Gasteiger partial charge in [-0.05, 0) is 25.0 Å². The molecular formula is C14H20N4. The number of nitrogens with two attached hydrogens (primary N) is 1. The number of nitrogen functional groups attached to an aromatic ring is 1. The van der Waals surface area contributed by atoms with Crippen LogP contribution in [-0.2, 0) is 0 Å². The Bertz CT molecular complexity index is 504. The Morgan fingerprint density at radius 2 is 2.22 bits per heavy atom. The van der Waals surface area contributed by atoms with Gasteiger partial charge in [-0.3, -0.25) is 0 Å². The van der Waals surface area contributed by atoms with E-state index in [2.05, 4.69) is 28.4 Å². The zero-order valence-corrected chi connectivity index (χ0v) is 11.0. The SMILES string of the molecule is CCCC(CC)n1cncc1-c1ccnc(N)c1. The minimum atomic E-state index is 0.502. The maximum Gasteiger partial charge on any atom is 0.123 e. The molecule has 18 heavy (non-hydrogen) atoms. The number of rotatable bonds is 5. The van der Waals surface area contributed by atoms with E-state index in [0.29, 0.717) is 11.9 Å². The van der Waals surface area contributed by atoms with E-state index in [0.717, 1.165) is 17.7 Å². The van der Waals surface area contributed by atoms with Crippen LogP contribution in [-0.4, -0.2) is 14.5 Å². The summed E-state index contributed by atoms with van der Waals surface area (Å²) < 4.78 is 2.25. The van der Waals surface area contributed by atoms with Crippen molar-refractivity contribution in [3.05, 3.63) is 30.9 Å². The molecule has 2 N–H and O–H groups in total. The average Bonchev–Trinajstić information content (AvgIpc) is 2.85. The maximum absolute atomic E-state index is 5.74. The second kappa shape index (κ2) is 5.67. The third-order valence-electron chi connectivity index (χ3n) is 3.23. The second-order valence-electron chi connectivity index (χ2n) is 4.51. The summed E-state index contributed by atoms with van der Waals surface area (Å²) in [5.41, 5.74) is 7.93. The van der Waals surface area contributed by atoms with E-state index >= 15 is 0 Å². The molecular weight excluding hydrogens is 224 g/mol. The van der Waals surface area contributed by atoms with Crippen LogP contribution in [0.25, 0.3) is 11.3 Å². The zero-order valence-electron chi connectivity index (χ0n) is 11.0. The molecule has 96 valence electrons. The molecule has 0 aromatic carbocycles. The van der Waals surface area contributed by atoms with Crippen molar-refractivity contribution in [1.29, 1.82) is 0 Å². The molecule has 2 aromatic heterocycles. The Hall–Kier alpha value is -1.84. The molecule has 1 atom stereocenters. The summed E-state index contributed by atoms with van der Waals surface area (Å²) in [4.78, 5) is 8.31. The van der Waals surface area contributed by atoms with Crippen molar-refractivity contribution in [2.24, 2.45) is 0 Å². The molecule has 0 saturated heterocycles. The molecule has 4 nitrogen and oxygen atoms in total. The smallest absolute Gasteiger partial charge is 0.123 e. The van der Waals surface area contributed by atoms with Gasteiger partial charge >= 0.3 is 0 Å². The number of anilines is 1. The summed E-state index contributed by atoms with van der Waals surface area (Å²) in [6.07, 6.45) is 9.00. The van der Waals surface area contributed by atoms with Gasteiger partial charge in [-0.2, -0.15) is 0 Å². The summed E-state index contributed by atoms with van der Waals surface area (Å²) in [5, 5.41) is 0. The Morgan fingerprint density at radius 3 is 2.89 bits per heavy atom. The average molecular weight is 244 g/mol. The summed E-state index contributed by atoms with van der Waals surface area (Å²) in [6, 6.07) is 4.37. The van der Waals surface area contributed by atoms with E-state index in [-0.39, 0.29) is 0 Å². The van der Waals surface area contributed by atoms with Crippen molar-refractivity contribution in [1.82, 2.24) is 14.5 Å². The van der Waals surface area contributed by atoms with Crippen LogP contribution < -0.4 is 5.73 Å². The Kier molecular flexibility index (Phi) is 3.97. The van der Waals surface area contributed by atoms with Gasteiger partial charge in [0.2, 0.25) is 0 Å². The first kappa shape index (κ1) is 12.6. The molecule has 1 unspecified atom stereocenters. The summed E-state index contributed by atoms with van der Waals surface area (Å²) in [5.74, 6) is 0.545. The van der Waals surface area contributed by atoms with Crippen LogP contribution >= 0.6 is 0 Å². The lowest BCUT2D eigenvalue weighted by atomic mass is 10.1. The molecule has 0 bridgehead atoms. The number of pyridine rings is 1. The molecule has 0 aliphatic rings. The van der Waals surface area contributed by atoms with Gasteiger partial charge in [0.25, 0.3) is 0 Å². The van der Waals surface area contributed by atoms with E-state index in [9.17, 15) is 0 Å². The molecule has 0 aliphatic carbocycles. The molecule has 2 heterocycles. The van der Waals surface area contributed by atoms with Gasteiger partial charge in [-0.1, -0.05) is 20.3 Å². The predicted octanol–water partition coefficient (Wildman–Crippen LogP) is 3.28. The van der Waals surface area contributed by atoms with Crippen LogP contribution in [0.4, 0.5) is 5.82 Å². The van der Waals surface area contributed by atoms with Gasteiger partial charge < -0.3 is 10.3 Å². The molecule has 4 heteroatoms. The number of hydrogen-bond donors (Lipinski definition) is 1. The van der Waals surface area contributed by atoms with E-state index in [4.69, 9.17) is 5.73 Å². The predicted molar refractivity (Wildman–Crippen MR) is 74.1 cm³/mol. The fourth-order valence-corrected chi connectivity index (χ4v) is 2.30. The Balaban J connectivity index is 2.38. The highest BCUT2D eigenvalue weighted by Crippen LogP contribution is 2.27. The van der Waals surface area contributed by atoms with Gasteiger partial charge in [0.1, 0.15) is 5.82 Å². The van der Waals surface area contributed by atoms with Crippen LogP contribution in [0.3, 0.4) is 0 Å². The van der Waals surface area contributed by atoms with Crippen molar-refractivity contribution in [2.75, 3.05) is 5.73 Å². The molecule has 0 amide bonds. The zero-order chi connectivity index (χ0) is 13.0. The van der Waals surface area contributed by atoms with Crippen molar-refractivity contribution in [3.63, 3.8) is 0 Å². The lowest BCUT2D eigenvalue weighted by molar-refractivity contribution is 0.451. The highest BCUT2D eigenvalue weighted by Gasteiger charge is 2.13. The second-order valence-corrected chi connectivity index (χ2v) is 4.51. The number of imidazole rings is 1. The monoisotopic (exact) mass is 244 g/mol. The highest BCUT2D eigenvalue weighted by atomic mass is 15.1. The van der Waals surface area contributed by atoms with E-state index < -0.39 is 0 Å². The van der Waals surface area contributed by atoms with Crippen LogP contribution in [0.15, 0.2) is 30.9 Å². The summed E-state index contributed by atoms with van der Waals surface area (Å²) >= 11 is 0. The number of nitrogens with zero attached hydrogens (tertiary/aromatic N) is 3. The Morgan fingerprint density at radius 1 is 1.39 bits per heavy atom. The fraction of sp³-hybridized carbons (Fsp3) is 0.429. The molecule has 2 rings (SSSR count). The molecule has 0 radical (unpaired) electrons. The summed E-state index contributed by atoms with van der Waals surface area (Å²) in [6.45, 7) is 4.43. The van der Waals surface area contributed by atoms with E-state index in [1.807, 2.05) is 24.7 Å². The highest BCUT2D eigenvalue weighted by molar-refractivity contribution is 5.61. The van der Waals surface area contributed by atoms with Crippen molar-refractivity contribution >= 4 is 5.82 Å². The normalized spacial score (nSPS) is 12.6. The largest absolute Gasteiger partial charge is 0.384 e. The van der Waals surface area contributed by atoms with Crippen molar-refractivity contribution in [3.8, 4) is 11.3 Å². The van der Waals surface area contributed by atoms with Crippen LogP contribution in [0, 0.1) is 0 Å². The molecule has 0 fully saturated rings. The van der Waals surface area contributed by atoms with Crippen molar-refractivity contribution < 1.29 is 0 Å². The van der Waals surface area contributed by atoms with E-state index in [1.54, 1.807) is 6.20 Å². The van der Waals surface area contributed by atoms with Crippen LogP contribution in [0.5, 0.6) is 0 Å². The minimum Gasteiger partial charge on any atom is -0.384 e. The van der Waals surface area contributed by atoms with Gasteiger partial charge in [0.05, 0.1) is 18.2 Å².